The van der Waals surface area contributed by atoms with Gasteiger partial charge in [-0.2, -0.15) is 0 Å². The molecule has 0 bridgehead atoms. The predicted molar refractivity (Wildman–Crippen MR) is 77.2 cm³/mol. The normalized spacial score (nSPS) is 34.2. The molecule has 3 unspecified atom stereocenters. The summed E-state index contributed by atoms with van der Waals surface area (Å²) >= 11 is 0. The number of hydrogen-bond donors (Lipinski definition) is 1. The number of carbonyl (C=O) groups excluding carboxylic acids is 1. The third-order valence-electron chi connectivity index (χ3n) is 5.01. The van der Waals surface area contributed by atoms with E-state index in [0.29, 0.717) is 26.3 Å². The molecule has 2 N–H and O–H groups in total. The molecule has 2 aliphatic rings. The van der Waals surface area contributed by atoms with Gasteiger partial charge in [-0.05, 0) is 6.42 Å². The number of fused-ring (bicyclic) bond motifs is 1. The fraction of sp³-hybridized carbons (Fsp3) is 0.800. The Hall–Kier alpha value is -0.910. The number of nitrogens with zero attached hydrogens (tertiary/aromatic N) is 1. The van der Waals surface area contributed by atoms with Gasteiger partial charge in [0.05, 0.1) is 12.7 Å². The van der Waals surface area contributed by atoms with Crippen LogP contribution in [0.1, 0.15) is 20.3 Å². The van der Waals surface area contributed by atoms with E-state index >= 15 is 0 Å². The number of carbonyl (C=O) groups is 1. The van der Waals surface area contributed by atoms with Gasteiger partial charge in [0.1, 0.15) is 5.54 Å². The summed E-state index contributed by atoms with van der Waals surface area (Å²) in [6.07, 6.45) is 2.69. The quantitative estimate of drug-likeness (QED) is 0.732. The Labute approximate surface area is 121 Å². The smallest absolute Gasteiger partial charge is 0.244 e. The van der Waals surface area contributed by atoms with Crippen molar-refractivity contribution in [2.45, 2.75) is 31.9 Å². The van der Waals surface area contributed by atoms with Crippen LogP contribution in [0.3, 0.4) is 0 Å². The van der Waals surface area contributed by atoms with Crippen molar-refractivity contribution in [3.05, 3.63) is 12.7 Å². The lowest BCUT2D eigenvalue weighted by Crippen LogP contribution is -2.80. The molecule has 1 saturated carbocycles. The van der Waals surface area contributed by atoms with E-state index in [2.05, 4.69) is 6.58 Å². The van der Waals surface area contributed by atoms with Crippen LogP contribution in [0.5, 0.6) is 0 Å². The maximum atomic E-state index is 12.9. The van der Waals surface area contributed by atoms with E-state index in [-0.39, 0.29) is 23.3 Å². The van der Waals surface area contributed by atoms with Crippen LogP contribution >= 0.6 is 0 Å². The molecule has 1 amide bonds. The summed E-state index contributed by atoms with van der Waals surface area (Å²) in [4.78, 5) is 14.7. The molecule has 3 atom stereocenters. The second-order valence-electron chi connectivity index (χ2n) is 6.31. The molecule has 5 nitrogen and oxygen atoms in total. The van der Waals surface area contributed by atoms with Crippen LogP contribution in [0.15, 0.2) is 12.7 Å². The number of amides is 1. The molecule has 0 radical (unpaired) electrons. The van der Waals surface area contributed by atoms with Crippen LogP contribution in [0.4, 0.5) is 0 Å². The lowest BCUT2D eigenvalue weighted by atomic mass is 9.47. The molecule has 1 saturated heterocycles. The van der Waals surface area contributed by atoms with Crippen molar-refractivity contribution in [1.82, 2.24) is 4.90 Å². The second kappa shape index (κ2) is 5.47. The van der Waals surface area contributed by atoms with E-state index in [1.807, 2.05) is 13.8 Å². The minimum Gasteiger partial charge on any atom is -0.383 e. The Morgan fingerprint density at radius 2 is 2.30 bits per heavy atom. The Kier molecular flexibility index (Phi) is 4.23. The fourth-order valence-electron chi connectivity index (χ4n) is 3.71. The lowest BCUT2D eigenvalue weighted by molar-refractivity contribution is -0.184. The first-order valence-electron chi connectivity index (χ1n) is 7.21. The minimum atomic E-state index is -0.842. The lowest BCUT2D eigenvalue weighted by Gasteiger charge is -2.61. The highest BCUT2D eigenvalue weighted by molar-refractivity contribution is 5.89. The van der Waals surface area contributed by atoms with Gasteiger partial charge in [-0.25, -0.2) is 0 Å². The molecule has 5 heteroatoms. The summed E-state index contributed by atoms with van der Waals surface area (Å²) in [5.41, 5.74) is 5.39. The van der Waals surface area contributed by atoms with Crippen molar-refractivity contribution in [3.8, 4) is 0 Å². The van der Waals surface area contributed by atoms with E-state index in [0.717, 1.165) is 6.42 Å². The van der Waals surface area contributed by atoms with Crippen LogP contribution in [-0.4, -0.2) is 55.9 Å². The van der Waals surface area contributed by atoms with Gasteiger partial charge in [-0.15, -0.1) is 6.58 Å². The Bertz CT molecular complexity index is 397. The van der Waals surface area contributed by atoms with Crippen molar-refractivity contribution in [2.24, 2.45) is 17.1 Å². The zero-order valence-corrected chi connectivity index (χ0v) is 12.7. The summed E-state index contributed by atoms with van der Waals surface area (Å²) in [5, 5.41) is 0. The SMILES string of the molecule is C=CCN(CCOC)C(=O)C1(N)C2CCOC2C1(C)C. The summed E-state index contributed by atoms with van der Waals surface area (Å²) in [6.45, 7) is 10.0. The molecule has 2 rings (SSSR count). The van der Waals surface area contributed by atoms with E-state index < -0.39 is 5.54 Å². The number of rotatable bonds is 6. The fourth-order valence-corrected chi connectivity index (χ4v) is 3.71. The average Bonchev–Trinajstić information content (AvgIpc) is 2.90. The molecule has 0 aromatic heterocycles. The first kappa shape index (κ1) is 15.5. The van der Waals surface area contributed by atoms with E-state index in [4.69, 9.17) is 15.2 Å². The predicted octanol–water partition coefficient (Wildman–Crippen LogP) is 0.790. The molecule has 0 spiro atoms. The van der Waals surface area contributed by atoms with Gasteiger partial charge in [0.15, 0.2) is 0 Å². The summed E-state index contributed by atoms with van der Waals surface area (Å²) in [6, 6.07) is 0. The standard InChI is InChI=1S/C15H26N2O3/c1-5-7-17(8-10-19-4)13(18)15(16)11-6-9-20-12(11)14(15,2)3/h5,11-12H,1,6-10,16H2,2-4H3. The van der Waals surface area contributed by atoms with Gasteiger partial charge in [-0.1, -0.05) is 19.9 Å². The van der Waals surface area contributed by atoms with Crippen molar-refractivity contribution in [1.29, 1.82) is 0 Å². The Morgan fingerprint density at radius 1 is 1.60 bits per heavy atom. The van der Waals surface area contributed by atoms with Crippen molar-refractivity contribution in [2.75, 3.05) is 33.4 Å². The second-order valence-corrected chi connectivity index (χ2v) is 6.31. The number of methoxy groups -OCH3 is 1. The highest BCUT2D eigenvalue weighted by Crippen LogP contribution is 2.58. The van der Waals surface area contributed by atoms with Crippen LogP contribution in [0, 0.1) is 11.3 Å². The third-order valence-corrected chi connectivity index (χ3v) is 5.01. The van der Waals surface area contributed by atoms with Gasteiger partial charge in [0, 0.05) is 38.1 Å². The Morgan fingerprint density at radius 3 is 2.90 bits per heavy atom. The first-order chi connectivity index (χ1) is 9.41. The molecular weight excluding hydrogens is 256 g/mol. The minimum absolute atomic E-state index is 0.00815. The van der Waals surface area contributed by atoms with Crippen LogP contribution in [-0.2, 0) is 14.3 Å². The average molecular weight is 282 g/mol. The van der Waals surface area contributed by atoms with Crippen molar-refractivity contribution in [3.63, 3.8) is 0 Å². The Balaban J connectivity index is 2.18. The molecule has 0 aromatic carbocycles. The zero-order chi connectivity index (χ0) is 15.0. The van der Waals surface area contributed by atoms with Crippen LogP contribution < -0.4 is 5.73 Å². The zero-order valence-electron chi connectivity index (χ0n) is 12.7. The molecule has 0 aromatic rings. The number of nitrogens with two attached hydrogens (primary N) is 1. The van der Waals surface area contributed by atoms with Crippen molar-refractivity contribution >= 4 is 5.91 Å². The highest BCUT2D eigenvalue weighted by atomic mass is 16.5. The molecule has 1 aliphatic heterocycles. The monoisotopic (exact) mass is 282 g/mol. The molecule has 20 heavy (non-hydrogen) atoms. The molecule has 1 heterocycles. The molecular formula is C15H26N2O3. The number of ether oxygens (including phenoxy) is 2. The maximum absolute atomic E-state index is 12.9. The van der Waals surface area contributed by atoms with Crippen LogP contribution in [0.25, 0.3) is 0 Å². The topological polar surface area (TPSA) is 64.8 Å². The van der Waals surface area contributed by atoms with Gasteiger partial charge in [0.25, 0.3) is 0 Å². The molecule has 114 valence electrons. The van der Waals surface area contributed by atoms with E-state index in [1.54, 1.807) is 18.1 Å². The molecule has 1 aliphatic carbocycles. The maximum Gasteiger partial charge on any atom is 0.244 e. The highest BCUT2D eigenvalue weighted by Gasteiger charge is 2.71. The van der Waals surface area contributed by atoms with Gasteiger partial charge < -0.3 is 20.1 Å². The largest absolute Gasteiger partial charge is 0.383 e. The van der Waals surface area contributed by atoms with Gasteiger partial charge in [0.2, 0.25) is 5.91 Å². The summed E-state index contributed by atoms with van der Waals surface area (Å²) < 4.78 is 10.8. The first-order valence-corrected chi connectivity index (χ1v) is 7.21. The van der Waals surface area contributed by atoms with Gasteiger partial charge in [-0.3, -0.25) is 4.79 Å². The third kappa shape index (κ3) is 2.00. The van der Waals surface area contributed by atoms with E-state index in [1.165, 1.54) is 0 Å². The molecule has 2 fully saturated rings. The number of hydrogen-bond acceptors (Lipinski definition) is 4. The summed E-state index contributed by atoms with van der Waals surface area (Å²) in [5.74, 6) is 0.117. The van der Waals surface area contributed by atoms with Crippen molar-refractivity contribution < 1.29 is 14.3 Å². The van der Waals surface area contributed by atoms with Crippen LogP contribution in [0.2, 0.25) is 0 Å². The summed E-state index contributed by atoms with van der Waals surface area (Å²) in [7, 11) is 1.63. The van der Waals surface area contributed by atoms with Gasteiger partial charge >= 0.3 is 0 Å². The van der Waals surface area contributed by atoms with E-state index in [9.17, 15) is 4.79 Å².